The minimum Gasteiger partial charge on any atom is -0.385 e. The number of benzene rings is 1. The minimum atomic E-state index is -0.925. The topological polar surface area (TPSA) is 20.2 Å². The van der Waals surface area contributed by atoms with E-state index in [-0.39, 0.29) is 5.02 Å². The van der Waals surface area contributed by atoms with Gasteiger partial charge in [-0.05, 0) is 31.0 Å². The van der Waals surface area contributed by atoms with Crippen molar-refractivity contribution in [2.45, 2.75) is 32.3 Å². The largest absolute Gasteiger partial charge is 0.385 e. The second kappa shape index (κ2) is 4.28. The molecule has 1 N–H and O–H groups in total. The highest BCUT2D eigenvalue weighted by Gasteiger charge is 2.22. The van der Waals surface area contributed by atoms with E-state index < -0.39 is 11.4 Å². The molecule has 0 spiro atoms. The van der Waals surface area contributed by atoms with Crippen LogP contribution in [0.4, 0.5) is 4.39 Å². The van der Waals surface area contributed by atoms with Gasteiger partial charge in [0.15, 0.2) is 0 Å². The van der Waals surface area contributed by atoms with Gasteiger partial charge in [0.2, 0.25) is 0 Å². The zero-order chi connectivity index (χ0) is 10.8. The first-order valence-electron chi connectivity index (χ1n) is 4.65. The monoisotopic (exact) mass is 216 g/mol. The molecule has 0 amide bonds. The summed E-state index contributed by atoms with van der Waals surface area (Å²) < 4.78 is 12.9. The zero-order valence-corrected chi connectivity index (χ0v) is 9.11. The van der Waals surface area contributed by atoms with Crippen LogP contribution in [0.15, 0.2) is 18.2 Å². The minimum absolute atomic E-state index is 0.0545. The summed E-state index contributed by atoms with van der Waals surface area (Å²) in [6, 6.07) is 4.32. The van der Waals surface area contributed by atoms with Gasteiger partial charge in [-0.1, -0.05) is 31.0 Å². The van der Waals surface area contributed by atoms with Gasteiger partial charge in [0, 0.05) is 0 Å². The highest BCUT2D eigenvalue weighted by Crippen LogP contribution is 2.28. The third-order valence-corrected chi connectivity index (χ3v) is 2.57. The maximum Gasteiger partial charge on any atom is 0.141 e. The third-order valence-electron chi connectivity index (χ3n) is 2.28. The Morgan fingerprint density at radius 1 is 1.50 bits per heavy atom. The van der Waals surface area contributed by atoms with E-state index in [0.29, 0.717) is 12.0 Å². The van der Waals surface area contributed by atoms with Crippen LogP contribution < -0.4 is 0 Å². The van der Waals surface area contributed by atoms with Crippen LogP contribution in [0.5, 0.6) is 0 Å². The predicted octanol–water partition coefficient (Wildman–Crippen LogP) is 3.49. The lowest BCUT2D eigenvalue weighted by molar-refractivity contribution is 0.0469. The van der Waals surface area contributed by atoms with Crippen LogP contribution in [-0.4, -0.2) is 5.11 Å². The van der Waals surface area contributed by atoms with Gasteiger partial charge in [0.25, 0.3) is 0 Å². The molecular weight excluding hydrogens is 203 g/mol. The summed E-state index contributed by atoms with van der Waals surface area (Å²) in [5.41, 5.74) is -0.266. The molecule has 78 valence electrons. The Kier molecular flexibility index (Phi) is 3.51. The van der Waals surface area contributed by atoms with Crippen LogP contribution in [0.1, 0.15) is 32.3 Å². The van der Waals surface area contributed by atoms with Crippen LogP contribution in [0.3, 0.4) is 0 Å². The molecule has 0 saturated carbocycles. The summed E-state index contributed by atoms with van der Waals surface area (Å²) in [7, 11) is 0. The van der Waals surface area contributed by atoms with E-state index in [4.69, 9.17) is 11.6 Å². The van der Waals surface area contributed by atoms with E-state index in [9.17, 15) is 9.50 Å². The molecule has 0 unspecified atom stereocenters. The summed E-state index contributed by atoms with van der Waals surface area (Å²) in [5, 5.41) is 10.1. The normalized spacial score (nSPS) is 15.2. The quantitative estimate of drug-likeness (QED) is 0.820. The van der Waals surface area contributed by atoms with E-state index in [1.165, 1.54) is 12.1 Å². The van der Waals surface area contributed by atoms with Gasteiger partial charge in [0.05, 0.1) is 10.6 Å². The van der Waals surface area contributed by atoms with Crippen molar-refractivity contribution in [2.75, 3.05) is 0 Å². The Hall–Kier alpha value is -0.600. The van der Waals surface area contributed by atoms with Gasteiger partial charge >= 0.3 is 0 Å². The SMILES string of the molecule is CCC[C@@](C)(O)c1ccc(F)c(Cl)c1. The smallest absolute Gasteiger partial charge is 0.141 e. The van der Waals surface area contributed by atoms with Gasteiger partial charge in [-0.15, -0.1) is 0 Å². The second-order valence-electron chi connectivity index (χ2n) is 3.65. The first-order chi connectivity index (χ1) is 6.47. The maximum atomic E-state index is 12.9. The molecule has 0 fully saturated rings. The van der Waals surface area contributed by atoms with Gasteiger partial charge in [-0.3, -0.25) is 0 Å². The van der Waals surface area contributed by atoms with Crippen molar-refractivity contribution in [1.82, 2.24) is 0 Å². The summed E-state index contributed by atoms with van der Waals surface area (Å²) in [4.78, 5) is 0. The molecule has 0 bridgehead atoms. The van der Waals surface area contributed by atoms with Crippen LogP contribution in [0.2, 0.25) is 5.02 Å². The van der Waals surface area contributed by atoms with Crippen molar-refractivity contribution < 1.29 is 9.50 Å². The maximum absolute atomic E-state index is 12.9. The number of aliphatic hydroxyl groups is 1. The molecule has 0 aromatic heterocycles. The number of hydrogen-bond acceptors (Lipinski definition) is 1. The number of rotatable bonds is 3. The van der Waals surface area contributed by atoms with Crippen LogP contribution in [0, 0.1) is 5.82 Å². The van der Waals surface area contributed by atoms with E-state index in [0.717, 1.165) is 6.42 Å². The molecule has 0 saturated heterocycles. The summed E-state index contributed by atoms with van der Waals surface area (Å²) in [5.74, 6) is -0.456. The number of halogens is 2. The molecule has 1 atom stereocenters. The predicted molar refractivity (Wildman–Crippen MR) is 55.9 cm³/mol. The fourth-order valence-corrected chi connectivity index (χ4v) is 1.64. The van der Waals surface area contributed by atoms with Crippen molar-refractivity contribution in [3.05, 3.63) is 34.6 Å². The summed E-state index contributed by atoms with van der Waals surface area (Å²) in [6.45, 7) is 3.69. The highest BCUT2D eigenvalue weighted by atomic mass is 35.5. The average Bonchev–Trinajstić information content (AvgIpc) is 2.09. The van der Waals surface area contributed by atoms with Crippen LogP contribution in [-0.2, 0) is 5.60 Å². The van der Waals surface area contributed by atoms with E-state index in [1.54, 1.807) is 13.0 Å². The van der Waals surface area contributed by atoms with E-state index >= 15 is 0 Å². The molecule has 0 aliphatic carbocycles. The fraction of sp³-hybridized carbons (Fsp3) is 0.455. The number of hydrogen-bond donors (Lipinski definition) is 1. The first-order valence-corrected chi connectivity index (χ1v) is 5.03. The Bertz CT molecular complexity index is 323. The summed E-state index contributed by atoms with van der Waals surface area (Å²) in [6.07, 6.45) is 1.50. The van der Waals surface area contributed by atoms with E-state index in [1.807, 2.05) is 6.92 Å². The van der Waals surface area contributed by atoms with Gasteiger partial charge in [-0.25, -0.2) is 4.39 Å². The van der Waals surface area contributed by atoms with Crippen molar-refractivity contribution in [2.24, 2.45) is 0 Å². The average molecular weight is 217 g/mol. The van der Waals surface area contributed by atoms with Crippen molar-refractivity contribution in [1.29, 1.82) is 0 Å². The second-order valence-corrected chi connectivity index (χ2v) is 4.06. The standard InChI is InChI=1S/C11H14ClFO/c1-3-6-11(2,14)8-4-5-10(13)9(12)7-8/h4-5,7,14H,3,6H2,1-2H3/t11-/m1/s1. The molecule has 0 aliphatic rings. The molecule has 0 aliphatic heterocycles. The molecule has 0 heterocycles. The van der Waals surface area contributed by atoms with Gasteiger partial charge in [0.1, 0.15) is 5.82 Å². The van der Waals surface area contributed by atoms with Gasteiger partial charge in [-0.2, -0.15) is 0 Å². The molecule has 0 radical (unpaired) electrons. The first kappa shape index (κ1) is 11.5. The lowest BCUT2D eigenvalue weighted by Crippen LogP contribution is -2.20. The van der Waals surface area contributed by atoms with Crippen molar-refractivity contribution in [3.63, 3.8) is 0 Å². The molecule has 14 heavy (non-hydrogen) atoms. The Labute approximate surface area is 88.5 Å². The Morgan fingerprint density at radius 2 is 2.14 bits per heavy atom. The lowest BCUT2D eigenvalue weighted by Gasteiger charge is -2.23. The zero-order valence-electron chi connectivity index (χ0n) is 8.35. The Balaban J connectivity index is 3.01. The molecule has 1 rings (SSSR count). The van der Waals surface area contributed by atoms with Crippen LogP contribution >= 0.6 is 11.6 Å². The van der Waals surface area contributed by atoms with Crippen molar-refractivity contribution in [3.8, 4) is 0 Å². The molecule has 1 aromatic carbocycles. The highest BCUT2D eigenvalue weighted by molar-refractivity contribution is 6.30. The van der Waals surface area contributed by atoms with Crippen LogP contribution in [0.25, 0.3) is 0 Å². The van der Waals surface area contributed by atoms with Crippen molar-refractivity contribution >= 4 is 11.6 Å². The van der Waals surface area contributed by atoms with Gasteiger partial charge < -0.3 is 5.11 Å². The molecule has 1 aromatic rings. The Morgan fingerprint density at radius 3 is 2.64 bits per heavy atom. The molecule has 1 nitrogen and oxygen atoms in total. The lowest BCUT2D eigenvalue weighted by atomic mass is 9.91. The van der Waals surface area contributed by atoms with E-state index in [2.05, 4.69) is 0 Å². The summed E-state index contributed by atoms with van der Waals surface area (Å²) >= 11 is 5.63. The fourth-order valence-electron chi connectivity index (χ4n) is 1.46. The molecular formula is C11H14ClFO. The molecule has 3 heteroatoms. The third kappa shape index (κ3) is 2.46.